The SMILES string of the molecule is C=CCNN(c1cccc(C(C)(C)F)n1)c1nc(Nc2ccc(N3CCN(C(=O)CN(C)C)CC3)cc2)ncc1C=O. The number of piperazine rings is 1. The monoisotopic (exact) mass is 575 g/mol. The number of halogens is 1. The van der Waals surface area contributed by atoms with Crippen molar-refractivity contribution in [1.29, 1.82) is 0 Å². The number of pyridine rings is 1. The molecule has 222 valence electrons. The Morgan fingerprint density at radius 3 is 2.43 bits per heavy atom. The van der Waals surface area contributed by atoms with Gasteiger partial charge in [-0.1, -0.05) is 12.1 Å². The van der Waals surface area contributed by atoms with Gasteiger partial charge >= 0.3 is 0 Å². The lowest BCUT2D eigenvalue weighted by atomic mass is 10.1. The number of anilines is 5. The lowest BCUT2D eigenvalue weighted by Crippen LogP contribution is -2.50. The predicted molar refractivity (Wildman–Crippen MR) is 163 cm³/mol. The fourth-order valence-electron chi connectivity index (χ4n) is 4.47. The lowest BCUT2D eigenvalue weighted by Gasteiger charge is -2.36. The molecule has 3 heterocycles. The lowest BCUT2D eigenvalue weighted by molar-refractivity contribution is -0.132. The Morgan fingerprint density at radius 1 is 1.10 bits per heavy atom. The summed E-state index contributed by atoms with van der Waals surface area (Å²) in [5.74, 6) is 1.03. The third-order valence-corrected chi connectivity index (χ3v) is 6.67. The molecule has 0 unspecified atom stereocenters. The summed E-state index contributed by atoms with van der Waals surface area (Å²) in [6, 6.07) is 12.9. The topological polar surface area (TPSA) is 110 Å². The Labute approximate surface area is 246 Å². The van der Waals surface area contributed by atoms with Crippen LogP contribution in [0.4, 0.5) is 33.3 Å². The highest BCUT2D eigenvalue weighted by molar-refractivity contribution is 5.84. The van der Waals surface area contributed by atoms with E-state index in [1.807, 2.05) is 48.2 Å². The standard InChI is InChI=1S/C30H38FN9O2/c1-6-14-33-40(26-9-7-8-25(35-26)30(2,3)31)28-22(21-41)19-32-29(36-28)34-23-10-12-24(13-11-23)38-15-17-39(18-16-38)27(42)20-37(4)5/h6-13,19,21,33H,1,14-18,20H2,2-5H3,(H,32,34,36). The number of alkyl halides is 1. The summed E-state index contributed by atoms with van der Waals surface area (Å²) in [7, 11) is 3.79. The van der Waals surface area contributed by atoms with E-state index in [-0.39, 0.29) is 28.9 Å². The number of nitrogens with zero attached hydrogens (tertiary/aromatic N) is 7. The van der Waals surface area contributed by atoms with Crippen molar-refractivity contribution >= 4 is 41.2 Å². The fourth-order valence-corrected chi connectivity index (χ4v) is 4.47. The number of hydrogen-bond donors (Lipinski definition) is 2. The molecule has 0 aliphatic carbocycles. The number of carbonyl (C=O) groups is 2. The molecule has 0 saturated carbocycles. The third kappa shape index (κ3) is 7.65. The van der Waals surface area contributed by atoms with Crippen LogP contribution in [-0.4, -0.2) is 90.3 Å². The van der Waals surface area contributed by atoms with Crippen molar-refractivity contribution in [3.8, 4) is 0 Å². The van der Waals surface area contributed by atoms with Crippen molar-refractivity contribution in [2.75, 3.05) is 68.6 Å². The van der Waals surface area contributed by atoms with Gasteiger partial charge in [-0.3, -0.25) is 9.59 Å². The van der Waals surface area contributed by atoms with Gasteiger partial charge in [0.25, 0.3) is 0 Å². The van der Waals surface area contributed by atoms with Crippen LogP contribution in [0, 0.1) is 0 Å². The van der Waals surface area contributed by atoms with Crippen molar-refractivity contribution in [1.82, 2.24) is 30.2 Å². The van der Waals surface area contributed by atoms with E-state index >= 15 is 0 Å². The second-order valence-electron chi connectivity index (χ2n) is 10.7. The average Bonchev–Trinajstić information content (AvgIpc) is 2.97. The highest BCUT2D eigenvalue weighted by Gasteiger charge is 2.24. The second-order valence-corrected chi connectivity index (χ2v) is 10.7. The molecule has 12 heteroatoms. The quantitative estimate of drug-likeness (QED) is 0.189. The Morgan fingerprint density at radius 2 is 1.81 bits per heavy atom. The molecule has 2 aromatic heterocycles. The number of aldehydes is 1. The van der Waals surface area contributed by atoms with E-state index in [0.717, 1.165) is 24.5 Å². The minimum absolute atomic E-state index is 0.146. The molecule has 1 aromatic carbocycles. The Hall–Kier alpha value is -4.42. The van der Waals surface area contributed by atoms with Crippen LogP contribution < -0.4 is 20.7 Å². The Bertz CT molecular complexity index is 1380. The molecular weight excluding hydrogens is 537 g/mol. The first-order valence-electron chi connectivity index (χ1n) is 13.8. The van der Waals surface area contributed by atoms with Crippen molar-refractivity contribution < 1.29 is 14.0 Å². The highest BCUT2D eigenvalue weighted by atomic mass is 19.1. The van der Waals surface area contributed by atoms with Gasteiger partial charge in [0.1, 0.15) is 11.5 Å². The van der Waals surface area contributed by atoms with E-state index in [0.29, 0.717) is 38.3 Å². The summed E-state index contributed by atoms with van der Waals surface area (Å²) in [4.78, 5) is 43.7. The van der Waals surface area contributed by atoms with Crippen molar-refractivity contribution in [3.63, 3.8) is 0 Å². The normalized spacial score (nSPS) is 13.7. The van der Waals surface area contributed by atoms with E-state index < -0.39 is 5.67 Å². The average molecular weight is 576 g/mol. The van der Waals surface area contributed by atoms with Gasteiger partial charge in [-0.15, -0.1) is 6.58 Å². The molecule has 1 amide bonds. The summed E-state index contributed by atoms with van der Waals surface area (Å²) >= 11 is 0. The van der Waals surface area contributed by atoms with E-state index in [4.69, 9.17) is 0 Å². The van der Waals surface area contributed by atoms with E-state index in [2.05, 4.69) is 37.2 Å². The molecule has 3 aromatic rings. The van der Waals surface area contributed by atoms with Crippen LogP contribution in [0.15, 0.2) is 61.3 Å². The van der Waals surface area contributed by atoms with Crippen molar-refractivity contribution in [2.45, 2.75) is 19.5 Å². The first kappa shape index (κ1) is 30.5. The minimum Gasteiger partial charge on any atom is -0.368 e. The van der Waals surface area contributed by atoms with Crippen LogP contribution >= 0.6 is 0 Å². The van der Waals surface area contributed by atoms with Crippen molar-refractivity contribution in [3.05, 3.63) is 72.6 Å². The van der Waals surface area contributed by atoms with Gasteiger partial charge in [0.2, 0.25) is 11.9 Å². The van der Waals surface area contributed by atoms with E-state index in [1.165, 1.54) is 25.1 Å². The molecule has 0 atom stereocenters. The summed E-state index contributed by atoms with van der Waals surface area (Å²) in [5.41, 5.74) is 3.75. The van der Waals surface area contributed by atoms with Gasteiger partial charge in [-0.2, -0.15) is 4.98 Å². The number of nitrogens with one attached hydrogen (secondary N) is 2. The molecule has 0 bridgehead atoms. The van der Waals surface area contributed by atoms with Crippen LogP contribution in [0.25, 0.3) is 0 Å². The van der Waals surface area contributed by atoms with Gasteiger partial charge in [-0.25, -0.2) is 24.8 Å². The second kappa shape index (κ2) is 13.5. The van der Waals surface area contributed by atoms with Crippen LogP contribution in [-0.2, 0) is 10.5 Å². The summed E-state index contributed by atoms with van der Waals surface area (Å²) in [5, 5.41) is 4.72. The molecule has 1 aliphatic heterocycles. The molecule has 2 N–H and O–H groups in total. The predicted octanol–water partition coefficient (Wildman–Crippen LogP) is 3.67. The van der Waals surface area contributed by atoms with Gasteiger partial charge < -0.3 is 20.0 Å². The first-order chi connectivity index (χ1) is 20.1. The zero-order valence-electron chi connectivity index (χ0n) is 24.5. The Kier molecular flexibility index (Phi) is 9.81. The molecule has 0 radical (unpaired) electrons. The highest BCUT2D eigenvalue weighted by Crippen LogP contribution is 2.29. The number of benzene rings is 1. The zero-order valence-corrected chi connectivity index (χ0v) is 24.5. The summed E-state index contributed by atoms with van der Waals surface area (Å²) < 4.78 is 14.7. The molecule has 1 aliphatic rings. The van der Waals surface area contributed by atoms with E-state index in [9.17, 15) is 14.0 Å². The molecule has 0 spiro atoms. The van der Waals surface area contributed by atoms with Crippen LogP contribution in [0.3, 0.4) is 0 Å². The number of amides is 1. The largest absolute Gasteiger partial charge is 0.368 e. The van der Waals surface area contributed by atoms with Gasteiger partial charge in [0, 0.05) is 50.3 Å². The van der Waals surface area contributed by atoms with Gasteiger partial charge in [0.05, 0.1) is 17.8 Å². The fraction of sp³-hybridized carbons (Fsp3) is 0.367. The van der Waals surface area contributed by atoms with E-state index in [1.54, 1.807) is 24.3 Å². The molecule has 1 saturated heterocycles. The van der Waals surface area contributed by atoms with Gasteiger partial charge in [-0.05, 0) is 64.3 Å². The molecule has 4 rings (SSSR count). The Balaban J connectivity index is 1.51. The number of carbonyl (C=O) groups excluding carboxylic acids is 2. The smallest absolute Gasteiger partial charge is 0.236 e. The third-order valence-electron chi connectivity index (χ3n) is 6.67. The number of rotatable bonds is 12. The minimum atomic E-state index is -1.66. The molecule has 1 fully saturated rings. The summed E-state index contributed by atoms with van der Waals surface area (Å²) in [6.07, 6.45) is 3.74. The van der Waals surface area contributed by atoms with Gasteiger partial charge in [0.15, 0.2) is 12.1 Å². The molecule has 11 nitrogen and oxygen atoms in total. The maximum atomic E-state index is 14.7. The number of likely N-dealkylation sites (N-methyl/N-ethyl adjacent to an activating group) is 1. The van der Waals surface area contributed by atoms with Crippen LogP contribution in [0.2, 0.25) is 0 Å². The van der Waals surface area contributed by atoms with Crippen LogP contribution in [0.5, 0.6) is 0 Å². The molecular formula is C30H38FN9O2. The van der Waals surface area contributed by atoms with Crippen LogP contribution in [0.1, 0.15) is 29.9 Å². The number of aromatic nitrogens is 3. The number of hydrazine groups is 1. The maximum Gasteiger partial charge on any atom is 0.236 e. The number of hydrogen-bond acceptors (Lipinski definition) is 10. The maximum absolute atomic E-state index is 14.7. The molecule has 42 heavy (non-hydrogen) atoms. The van der Waals surface area contributed by atoms with Crippen molar-refractivity contribution in [2.24, 2.45) is 0 Å². The summed E-state index contributed by atoms with van der Waals surface area (Å²) in [6.45, 7) is 10.3. The zero-order chi connectivity index (χ0) is 30.3. The first-order valence-corrected chi connectivity index (χ1v) is 13.8.